The minimum Gasteiger partial charge on any atom is -0.347 e. The van der Waals surface area contributed by atoms with E-state index >= 15 is 0 Å². The van der Waals surface area contributed by atoms with E-state index in [4.69, 9.17) is 5.26 Å². The first-order valence-corrected chi connectivity index (χ1v) is 8.57. The van der Waals surface area contributed by atoms with Gasteiger partial charge in [-0.15, -0.1) is 0 Å². The lowest BCUT2D eigenvalue weighted by atomic mass is 10.1. The van der Waals surface area contributed by atoms with Crippen LogP contribution in [0.2, 0.25) is 0 Å². The molecule has 27 heavy (non-hydrogen) atoms. The first-order chi connectivity index (χ1) is 13.1. The van der Waals surface area contributed by atoms with Gasteiger partial charge in [0.15, 0.2) is 0 Å². The standard InChI is InChI=1S/C20H16FN5O/c21-14-5-3-4-13(10-14)17-18(15-6-1-2-9-23-15)26-16(25-17)11-24-19(27)20(12-22)7-8-20/h1-6,9-10H,7-8,11H2,(H,24,27)(H,25,26). The molecule has 1 aliphatic carbocycles. The van der Waals surface area contributed by atoms with Gasteiger partial charge >= 0.3 is 0 Å². The van der Waals surface area contributed by atoms with Gasteiger partial charge in [-0.25, -0.2) is 9.37 Å². The molecule has 6 nitrogen and oxygen atoms in total. The average molecular weight is 361 g/mol. The molecule has 4 rings (SSSR count). The number of carbonyl (C=O) groups excluding carboxylic acids is 1. The Morgan fingerprint density at radius 1 is 1.30 bits per heavy atom. The molecule has 1 saturated carbocycles. The van der Waals surface area contributed by atoms with Crippen LogP contribution < -0.4 is 5.32 Å². The zero-order chi connectivity index (χ0) is 18.9. The molecule has 1 aromatic carbocycles. The first kappa shape index (κ1) is 16.9. The number of carbonyl (C=O) groups is 1. The second-order valence-electron chi connectivity index (χ2n) is 6.51. The Hall–Kier alpha value is -3.53. The van der Waals surface area contributed by atoms with Crippen LogP contribution in [0.25, 0.3) is 22.6 Å². The van der Waals surface area contributed by atoms with E-state index in [0.717, 1.165) is 0 Å². The molecule has 2 heterocycles. The van der Waals surface area contributed by atoms with Gasteiger partial charge in [-0.1, -0.05) is 18.2 Å². The van der Waals surface area contributed by atoms with Crippen molar-refractivity contribution in [3.05, 3.63) is 60.3 Å². The highest BCUT2D eigenvalue weighted by molar-refractivity contribution is 5.88. The smallest absolute Gasteiger partial charge is 0.240 e. The maximum absolute atomic E-state index is 13.7. The first-order valence-electron chi connectivity index (χ1n) is 8.57. The van der Waals surface area contributed by atoms with E-state index in [1.54, 1.807) is 24.4 Å². The number of aromatic nitrogens is 3. The van der Waals surface area contributed by atoms with Gasteiger partial charge in [0.25, 0.3) is 0 Å². The summed E-state index contributed by atoms with van der Waals surface area (Å²) < 4.78 is 13.7. The topological polar surface area (TPSA) is 94.5 Å². The van der Waals surface area contributed by atoms with Gasteiger partial charge in [-0.2, -0.15) is 5.26 Å². The summed E-state index contributed by atoms with van der Waals surface area (Å²) in [6, 6.07) is 13.7. The van der Waals surface area contributed by atoms with Gasteiger partial charge in [0.2, 0.25) is 5.91 Å². The van der Waals surface area contributed by atoms with Crippen molar-refractivity contribution in [2.24, 2.45) is 5.41 Å². The summed E-state index contributed by atoms with van der Waals surface area (Å²) >= 11 is 0. The highest BCUT2D eigenvalue weighted by Crippen LogP contribution is 2.45. The zero-order valence-electron chi connectivity index (χ0n) is 14.4. The number of nitriles is 1. The molecule has 0 aliphatic heterocycles. The third-order valence-corrected chi connectivity index (χ3v) is 4.59. The molecule has 2 N–H and O–H groups in total. The second-order valence-corrected chi connectivity index (χ2v) is 6.51. The fraction of sp³-hybridized carbons (Fsp3) is 0.200. The lowest BCUT2D eigenvalue weighted by Crippen LogP contribution is -2.31. The maximum atomic E-state index is 13.7. The molecule has 1 aliphatic rings. The maximum Gasteiger partial charge on any atom is 0.240 e. The number of aromatic amines is 1. The van der Waals surface area contributed by atoms with Crippen LogP contribution in [0.3, 0.4) is 0 Å². The molecule has 0 radical (unpaired) electrons. The molecule has 0 unspecified atom stereocenters. The Morgan fingerprint density at radius 3 is 2.81 bits per heavy atom. The fourth-order valence-electron chi connectivity index (χ4n) is 2.89. The summed E-state index contributed by atoms with van der Waals surface area (Å²) in [5, 5.41) is 11.9. The molecule has 0 atom stereocenters. The summed E-state index contributed by atoms with van der Waals surface area (Å²) in [4.78, 5) is 24.2. The number of nitrogens with zero attached hydrogens (tertiary/aromatic N) is 3. The Morgan fingerprint density at radius 2 is 2.15 bits per heavy atom. The SMILES string of the molecule is N#CC1(C(=O)NCc2nc(-c3cccc(F)c3)c(-c3ccccn3)[nH]2)CC1. The van der Waals surface area contributed by atoms with Gasteiger partial charge in [-0.05, 0) is 37.1 Å². The molecule has 134 valence electrons. The lowest BCUT2D eigenvalue weighted by Gasteiger charge is -2.06. The molecule has 0 bridgehead atoms. The summed E-state index contributed by atoms with van der Waals surface area (Å²) in [6.45, 7) is 0.150. The van der Waals surface area contributed by atoms with E-state index in [-0.39, 0.29) is 18.3 Å². The Labute approximate surface area is 155 Å². The van der Waals surface area contributed by atoms with E-state index < -0.39 is 5.41 Å². The quantitative estimate of drug-likeness (QED) is 0.730. The highest BCUT2D eigenvalue weighted by Gasteiger charge is 2.50. The van der Waals surface area contributed by atoms with Crippen LogP contribution in [-0.4, -0.2) is 20.9 Å². The van der Waals surface area contributed by atoms with Crippen molar-refractivity contribution in [1.29, 1.82) is 5.26 Å². The van der Waals surface area contributed by atoms with Crippen molar-refractivity contribution < 1.29 is 9.18 Å². The number of amides is 1. The third-order valence-electron chi connectivity index (χ3n) is 4.59. The number of rotatable bonds is 5. The van der Waals surface area contributed by atoms with Crippen LogP contribution in [0, 0.1) is 22.6 Å². The molecule has 0 saturated heterocycles. The number of H-pyrrole nitrogens is 1. The summed E-state index contributed by atoms with van der Waals surface area (Å²) in [5.74, 6) is -0.132. The Kier molecular flexibility index (Phi) is 4.16. The minimum atomic E-state index is -0.887. The van der Waals surface area contributed by atoms with E-state index in [1.807, 2.05) is 12.1 Å². The molecule has 1 amide bonds. The number of hydrogen-bond acceptors (Lipinski definition) is 4. The van der Waals surface area contributed by atoms with E-state index in [2.05, 4.69) is 26.3 Å². The summed E-state index contributed by atoms with van der Waals surface area (Å²) in [6.07, 6.45) is 2.83. The number of nitrogens with one attached hydrogen (secondary N) is 2. The van der Waals surface area contributed by atoms with Crippen LogP contribution in [0.15, 0.2) is 48.7 Å². The molecular weight excluding hydrogens is 345 g/mol. The van der Waals surface area contributed by atoms with Crippen molar-refractivity contribution >= 4 is 5.91 Å². The summed E-state index contributed by atoms with van der Waals surface area (Å²) in [7, 11) is 0. The predicted molar refractivity (Wildman–Crippen MR) is 96.3 cm³/mol. The van der Waals surface area contributed by atoms with Crippen LogP contribution in [0.4, 0.5) is 4.39 Å². The van der Waals surface area contributed by atoms with Gasteiger partial charge < -0.3 is 10.3 Å². The number of benzene rings is 1. The summed E-state index contributed by atoms with van der Waals surface area (Å²) in [5.41, 5.74) is 1.59. The monoisotopic (exact) mass is 361 g/mol. The molecule has 1 fully saturated rings. The molecule has 7 heteroatoms. The van der Waals surface area contributed by atoms with Crippen molar-refractivity contribution in [2.75, 3.05) is 0 Å². The van der Waals surface area contributed by atoms with Crippen LogP contribution >= 0.6 is 0 Å². The molecule has 0 spiro atoms. The van der Waals surface area contributed by atoms with Crippen molar-refractivity contribution in [3.63, 3.8) is 0 Å². The minimum absolute atomic E-state index is 0.150. The second kappa shape index (κ2) is 6.65. The third kappa shape index (κ3) is 3.29. The lowest BCUT2D eigenvalue weighted by molar-refractivity contribution is -0.124. The van der Waals surface area contributed by atoms with E-state index in [1.165, 1.54) is 12.1 Å². The number of pyridine rings is 1. The van der Waals surface area contributed by atoms with Crippen LogP contribution in [0.5, 0.6) is 0 Å². The van der Waals surface area contributed by atoms with Gasteiger partial charge in [0, 0.05) is 11.8 Å². The number of hydrogen-bond donors (Lipinski definition) is 2. The normalized spacial score (nSPS) is 14.4. The average Bonchev–Trinajstić information content (AvgIpc) is 3.39. The largest absolute Gasteiger partial charge is 0.347 e. The van der Waals surface area contributed by atoms with Crippen molar-refractivity contribution in [2.45, 2.75) is 19.4 Å². The number of imidazole rings is 1. The van der Waals surface area contributed by atoms with E-state index in [9.17, 15) is 9.18 Å². The predicted octanol–water partition coefficient (Wildman–Crippen LogP) is 3.20. The molecule has 2 aromatic heterocycles. The highest BCUT2D eigenvalue weighted by atomic mass is 19.1. The Bertz CT molecular complexity index is 1030. The molecule has 3 aromatic rings. The Balaban J connectivity index is 1.66. The number of halogens is 1. The van der Waals surface area contributed by atoms with Gasteiger partial charge in [0.05, 0.1) is 29.7 Å². The zero-order valence-corrected chi connectivity index (χ0v) is 14.4. The van der Waals surface area contributed by atoms with E-state index in [0.29, 0.717) is 41.3 Å². The van der Waals surface area contributed by atoms with Crippen molar-refractivity contribution in [1.82, 2.24) is 20.3 Å². The van der Waals surface area contributed by atoms with Crippen LogP contribution in [-0.2, 0) is 11.3 Å². The van der Waals surface area contributed by atoms with Gasteiger partial charge in [0.1, 0.15) is 17.1 Å². The van der Waals surface area contributed by atoms with Gasteiger partial charge in [-0.3, -0.25) is 9.78 Å². The van der Waals surface area contributed by atoms with Crippen molar-refractivity contribution in [3.8, 4) is 28.7 Å². The van der Waals surface area contributed by atoms with Crippen LogP contribution in [0.1, 0.15) is 18.7 Å². The molecular formula is C20H16FN5O. The fourth-order valence-corrected chi connectivity index (χ4v) is 2.89.